The van der Waals surface area contributed by atoms with E-state index in [1.54, 1.807) is 6.07 Å². The summed E-state index contributed by atoms with van der Waals surface area (Å²) in [5.41, 5.74) is 6.11. The number of nitrogens with two attached hydrogens (primary N) is 1. The third-order valence-electron chi connectivity index (χ3n) is 9.36. The fraction of sp³-hybridized carbons (Fsp3) is 0.533. The van der Waals surface area contributed by atoms with Crippen molar-refractivity contribution in [3.05, 3.63) is 60.1 Å². The highest BCUT2D eigenvalue weighted by molar-refractivity contribution is 5.93. The van der Waals surface area contributed by atoms with Crippen LogP contribution in [0.2, 0.25) is 0 Å². The molecule has 8 atom stereocenters. The summed E-state index contributed by atoms with van der Waals surface area (Å²) >= 11 is 0. The molecule has 9 nitrogen and oxygen atoms in total. The van der Waals surface area contributed by atoms with Crippen LogP contribution in [0.3, 0.4) is 0 Å². The van der Waals surface area contributed by atoms with E-state index in [4.69, 9.17) is 24.4 Å². The van der Waals surface area contributed by atoms with Gasteiger partial charge in [-0.15, -0.1) is 0 Å². The quantitative estimate of drug-likeness (QED) is 0.433. The molecule has 0 unspecified atom stereocenters. The molecule has 3 aliphatic rings. The lowest BCUT2D eigenvalue weighted by Gasteiger charge is -2.61. The molecule has 1 aromatic heterocycles. The molecule has 2 N–H and O–H groups in total. The van der Waals surface area contributed by atoms with Crippen LogP contribution in [0.4, 0.5) is 0 Å². The van der Waals surface area contributed by atoms with Crippen molar-refractivity contribution in [3.8, 4) is 0 Å². The number of fused-ring (bicyclic) bond motifs is 3. The third kappa shape index (κ3) is 4.67. The number of furan rings is 1. The molecule has 0 spiro atoms. The molecule has 39 heavy (non-hydrogen) atoms. The highest BCUT2D eigenvalue weighted by Crippen LogP contribution is 2.65. The first-order valence-electron chi connectivity index (χ1n) is 13.4. The first kappa shape index (κ1) is 27.1. The molecular formula is C30H35NO8. The SMILES string of the molecule is COC(=O)[C@@H]1C[C@H](OC(=O)[C@@H](N)Cc2ccccc2)C(=O)[C@H]2[C@@]1(C)CC[C@H]1C(=O)O[C@H](c3ccoc3)C[C@]21C. The second-order valence-corrected chi connectivity index (χ2v) is 11.7. The van der Waals surface area contributed by atoms with Crippen LogP contribution in [-0.2, 0) is 39.8 Å². The minimum atomic E-state index is -1.18. The van der Waals surface area contributed by atoms with Crippen molar-refractivity contribution in [2.24, 2.45) is 34.3 Å². The van der Waals surface area contributed by atoms with Gasteiger partial charge in [0, 0.05) is 17.9 Å². The number of esters is 3. The summed E-state index contributed by atoms with van der Waals surface area (Å²) in [6.45, 7) is 3.84. The summed E-state index contributed by atoms with van der Waals surface area (Å²) < 4.78 is 21.9. The minimum absolute atomic E-state index is 0.0126. The average molecular weight is 538 g/mol. The Hall–Kier alpha value is -3.46. The van der Waals surface area contributed by atoms with Gasteiger partial charge in [0.25, 0.3) is 0 Å². The van der Waals surface area contributed by atoms with Gasteiger partial charge in [-0.1, -0.05) is 44.2 Å². The average Bonchev–Trinajstić information content (AvgIpc) is 3.45. The van der Waals surface area contributed by atoms with Gasteiger partial charge >= 0.3 is 17.9 Å². The minimum Gasteiger partial charge on any atom is -0.472 e. The number of ether oxygens (including phenoxy) is 3. The number of hydrogen-bond acceptors (Lipinski definition) is 9. The van der Waals surface area contributed by atoms with Gasteiger partial charge in [0.2, 0.25) is 0 Å². The number of Topliss-reactive ketones (excluding diaryl/α,β-unsaturated/α-hetero) is 1. The molecule has 1 saturated heterocycles. The highest BCUT2D eigenvalue weighted by Gasteiger charge is 2.67. The molecule has 1 aliphatic heterocycles. The fourth-order valence-corrected chi connectivity index (χ4v) is 7.44. The Labute approximate surface area is 227 Å². The molecule has 0 bridgehead atoms. The predicted molar refractivity (Wildman–Crippen MR) is 138 cm³/mol. The Bertz CT molecular complexity index is 1240. The normalized spacial score (nSPS) is 34.7. The number of hydrogen-bond donors (Lipinski definition) is 1. The Morgan fingerprint density at radius 2 is 1.87 bits per heavy atom. The van der Waals surface area contributed by atoms with Gasteiger partial charge in [0.05, 0.1) is 31.5 Å². The number of rotatable bonds is 6. The summed E-state index contributed by atoms with van der Waals surface area (Å²) in [6.07, 6.45) is 2.85. The maximum atomic E-state index is 14.3. The van der Waals surface area contributed by atoms with E-state index in [1.165, 1.54) is 19.6 Å². The zero-order valence-electron chi connectivity index (χ0n) is 22.5. The standard InChI is InChI=1S/C30H35NO8/c1-29-11-9-19-27(34)39-23(18-10-12-37-16-18)15-30(19,2)25(29)24(32)22(14-20(29)26(33)36-3)38-28(35)21(31)13-17-7-5-4-6-8-17/h4-8,10,12,16,19-23,25H,9,11,13-15,31H2,1-3H3/t19-,20-,21-,22-,23-,25-,29-,30-/m0/s1. The predicted octanol–water partition coefficient (Wildman–Crippen LogP) is 3.55. The molecule has 2 saturated carbocycles. The smallest absolute Gasteiger partial charge is 0.323 e. The summed E-state index contributed by atoms with van der Waals surface area (Å²) in [6, 6.07) is 10.1. The Kier molecular flexibility index (Phi) is 7.13. The van der Waals surface area contributed by atoms with E-state index in [0.717, 1.165) is 5.56 Å². The Morgan fingerprint density at radius 3 is 2.54 bits per heavy atom. The topological polar surface area (TPSA) is 135 Å². The number of cyclic esters (lactones) is 1. The maximum Gasteiger partial charge on any atom is 0.323 e. The van der Waals surface area contributed by atoms with Gasteiger partial charge in [0.1, 0.15) is 12.1 Å². The van der Waals surface area contributed by atoms with E-state index in [2.05, 4.69) is 0 Å². The van der Waals surface area contributed by atoms with E-state index < -0.39 is 58.8 Å². The van der Waals surface area contributed by atoms with Crippen LogP contribution in [0.15, 0.2) is 53.3 Å². The Morgan fingerprint density at radius 1 is 1.13 bits per heavy atom. The number of benzene rings is 1. The van der Waals surface area contributed by atoms with Gasteiger partial charge < -0.3 is 24.4 Å². The highest BCUT2D eigenvalue weighted by atomic mass is 16.6. The van der Waals surface area contributed by atoms with Crippen LogP contribution < -0.4 is 5.73 Å². The first-order valence-corrected chi connectivity index (χ1v) is 13.4. The third-order valence-corrected chi connectivity index (χ3v) is 9.36. The molecular weight excluding hydrogens is 502 g/mol. The van der Waals surface area contributed by atoms with Gasteiger partial charge in [-0.05, 0) is 48.1 Å². The lowest BCUT2D eigenvalue weighted by molar-refractivity contribution is -0.210. The van der Waals surface area contributed by atoms with E-state index in [0.29, 0.717) is 24.8 Å². The van der Waals surface area contributed by atoms with Crippen LogP contribution in [0.5, 0.6) is 0 Å². The number of carbonyl (C=O) groups is 4. The van der Waals surface area contributed by atoms with Crippen molar-refractivity contribution in [3.63, 3.8) is 0 Å². The molecule has 1 aromatic carbocycles. The number of methoxy groups -OCH3 is 1. The van der Waals surface area contributed by atoms with Crippen molar-refractivity contribution >= 4 is 23.7 Å². The molecule has 208 valence electrons. The zero-order valence-corrected chi connectivity index (χ0v) is 22.5. The van der Waals surface area contributed by atoms with Gasteiger partial charge in [-0.25, -0.2) is 0 Å². The van der Waals surface area contributed by atoms with E-state index in [-0.39, 0.29) is 24.6 Å². The van der Waals surface area contributed by atoms with Crippen LogP contribution in [0.1, 0.15) is 56.8 Å². The monoisotopic (exact) mass is 537 g/mol. The van der Waals surface area contributed by atoms with Crippen LogP contribution >= 0.6 is 0 Å². The lowest BCUT2D eigenvalue weighted by atomic mass is 9.43. The lowest BCUT2D eigenvalue weighted by Crippen LogP contribution is -2.65. The van der Waals surface area contributed by atoms with Gasteiger partial charge in [0.15, 0.2) is 11.9 Å². The van der Waals surface area contributed by atoms with Crippen molar-refractivity contribution in [1.82, 2.24) is 0 Å². The summed E-state index contributed by atoms with van der Waals surface area (Å²) in [7, 11) is 1.31. The van der Waals surface area contributed by atoms with Crippen molar-refractivity contribution in [2.45, 2.75) is 64.2 Å². The van der Waals surface area contributed by atoms with Crippen LogP contribution in [0, 0.1) is 28.6 Å². The van der Waals surface area contributed by atoms with Crippen LogP contribution in [-0.4, -0.2) is 42.9 Å². The van der Waals surface area contributed by atoms with Crippen molar-refractivity contribution in [1.29, 1.82) is 0 Å². The van der Waals surface area contributed by atoms with Crippen LogP contribution in [0.25, 0.3) is 0 Å². The molecule has 9 heteroatoms. The summed E-state index contributed by atoms with van der Waals surface area (Å²) in [4.78, 5) is 53.7. The molecule has 0 amide bonds. The van der Waals surface area contributed by atoms with E-state index in [1.807, 2.05) is 44.2 Å². The molecule has 2 heterocycles. The van der Waals surface area contributed by atoms with E-state index >= 15 is 0 Å². The molecule has 0 radical (unpaired) electrons. The van der Waals surface area contributed by atoms with Crippen molar-refractivity contribution in [2.75, 3.05) is 7.11 Å². The van der Waals surface area contributed by atoms with Gasteiger partial charge in [-0.2, -0.15) is 0 Å². The molecule has 2 aliphatic carbocycles. The molecule has 2 aromatic rings. The second-order valence-electron chi connectivity index (χ2n) is 11.7. The molecule has 5 rings (SSSR count). The zero-order chi connectivity index (χ0) is 27.9. The van der Waals surface area contributed by atoms with Gasteiger partial charge in [-0.3, -0.25) is 19.2 Å². The summed E-state index contributed by atoms with van der Waals surface area (Å²) in [5.74, 6) is -3.80. The second kappa shape index (κ2) is 10.3. The number of carbonyl (C=O) groups excluding carboxylic acids is 4. The van der Waals surface area contributed by atoms with Crippen molar-refractivity contribution < 1.29 is 37.8 Å². The van der Waals surface area contributed by atoms with E-state index in [9.17, 15) is 19.2 Å². The Balaban J connectivity index is 1.46. The maximum absolute atomic E-state index is 14.3. The fourth-order valence-electron chi connectivity index (χ4n) is 7.44. The summed E-state index contributed by atoms with van der Waals surface area (Å²) in [5, 5.41) is 0. The largest absolute Gasteiger partial charge is 0.472 e. The first-order chi connectivity index (χ1) is 18.6. The number of ketones is 1. The molecule has 3 fully saturated rings.